The van der Waals surface area contributed by atoms with Crippen LogP contribution in [0.15, 0.2) is 29.0 Å². The Balaban J connectivity index is 1.45. The van der Waals surface area contributed by atoms with Crippen LogP contribution in [0.5, 0.6) is 0 Å². The van der Waals surface area contributed by atoms with E-state index < -0.39 is 17.1 Å². The van der Waals surface area contributed by atoms with Crippen molar-refractivity contribution in [1.29, 1.82) is 0 Å². The Morgan fingerprint density at radius 2 is 2.12 bits per heavy atom. The van der Waals surface area contributed by atoms with Gasteiger partial charge in [-0.3, -0.25) is 9.59 Å². The highest BCUT2D eigenvalue weighted by atomic mass is 32.2. The molecule has 0 aromatic carbocycles. The maximum Gasteiger partial charge on any atom is 0.209 e. The summed E-state index contributed by atoms with van der Waals surface area (Å²) in [6.45, 7) is 6.10. The molecule has 0 radical (unpaired) electrons. The molecule has 5 rings (SSSR count). The number of allylic oxidation sites excluding steroid dienone is 4. The summed E-state index contributed by atoms with van der Waals surface area (Å²) in [4.78, 5) is 25.5. The van der Waals surface area contributed by atoms with E-state index >= 15 is 0 Å². The topological polar surface area (TPSA) is 118 Å². The van der Waals surface area contributed by atoms with Gasteiger partial charge in [0, 0.05) is 23.8 Å². The second-order valence-electron chi connectivity index (χ2n) is 10.9. The van der Waals surface area contributed by atoms with Gasteiger partial charge in [-0.1, -0.05) is 44.2 Å². The molecule has 1 aromatic heterocycles. The number of aryl methyl sites for hydroxylation is 1. The van der Waals surface area contributed by atoms with E-state index in [2.05, 4.69) is 22.4 Å². The van der Waals surface area contributed by atoms with E-state index in [-0.39, 0.29) is 46.4 Å². The molecule has 0 saturated heterocycles. The Hall–Kier alpha value is -1.84. The molecular formula is C24H32N4O4S. The van der Waals surface area contributed by atoms with Crippen molar-refractivity contribution < 1.29 is 19.8 Å². The molecule has 1 aromatic rings. The number of tetrazole rings is 1. The standard InChI is InChI=1S/C24H32N4O4S/c1-13-9-17-16-6-5-14-10-15(29)7-8-22(14,2)20(16)18(30)11-23(17,3)24(13,32)19(31)12-33-21-25-26-27-28(21)4/h7-8,10,13,16-18,20,30,32H,5-6,9,11-12H2,1-4H3/t13-,16?,17?,18?,20?,22?,23?,24+/m1/s1. The van der Waals surface area contributed by atoms with Crippen LogP contribution in [0.3, 0.4) is 0 Å². The molecule has 178 valence electrons. The minimum absolute atomic E-state index is 0.0149. The van der Waals surface area contributed by atoms with Crippen molar-refractivity contribution in [2.24, 2.45) is 41.5 Å². The van der Waals surface area contributed by atoms with Crippen LogP contribution < -0.4 is 0 Å². The lowest BCUT2D eigenvalue weighted by Crippen LogP contribution is -2.62. The Morgan fingerprint density at radius 3 is 2.82 bits per heavy atom. The molecule has 4 aliphatic rings. The first-order valence-electron chi connectivity index (χ1n) is 11.8. The lowest BCUT2D eigenvalue weighted by Gasteiger charge is -2.59. The highest BCUT2D eigenvalue weighted by Gasteiger charge is 2.70. The molecule has 1 heterocycles. The minimum atomic E-state index is -1.52. The fraction of sp³-hybridized carbons (Fsp3) is 0.708. The van der Waals surface area contributed by atoms with E-state index in [1.165, 1.54) is 16.4 Å². The van der Waals surface area contributed by atoms with Gasteiger partial charge in [-0.2, -0.15) is 0 Å². The first-order chi connectivity index (χ1) is 15.5. The number of thioether (sulfide) groups is 1. The third-order valence-corrected chi connectivity index (χ3v) is 10.4. The van der Waals surface area contributed by atoms with Crippen LogP contribution in [0.1, 0.15) is 46.5 Å². The van der Waals surface area contributed by atoms with E-state index in [9.17, 15) is 19.8 Å². The van der Waals surface area contributed by atoms with E-state index in [1.807, 2.05) is 19.9 Å². The molecule has 0 bridgehead atoms. The molecule has 0 aliphatic heterocycles. The smallest absolute Gasteiger partial charge is 0.209 e. The highest BCUT2D eigenvalue weighted by molar-refractivity contribution is 7.99. The SMILES string of the molecule is C[C@@H]1CC2C3CCC4=CC(=O)C=CC4(C)C3C(O)CC2(C)[C@@]1(O)C(=O)CSc1nnnn1C. The number of nitrogens with zero attached hydrogens (tertiary/aromatic N) is 4. The van der Waals surface area contributed by atoms with Crippen molar-refractivity contribution in [3.05, 3.63) is 23.8 Å². The zero-order chi connectivity index (χ0) is 23.8. The number of aliphatic hydroxyl groups excluding tert-OH is 1. The van der Waals surface area contributed by atoms with Gasteiger partial charge in [-0.15, -0.1) is 5.10 Å². The summed E-state index contributed by atoms with van der Waals surface area (Å²) in [7, 11) is 1.72. The summed E-state index contributed by atoms with van der Waals surface area (Å²) in [5, 5.41) is 35.4. The minimum Gasteiger partial charge on any atom is -0.393 e. The van der Waals surface area contributed by atoms with Crippen molar-refractivity contribution in [3.63, 3.8) is 0 Å². The number of carbonyl (C=O) groups is 2. The first-order valence-corrected chi connectivity index (χ1v) is 12.7. The Kier molecular flexibility index (Phi) is 5.27. The lowest BCUT2D eigenvalue weighted by atomic mass is 9.46. The monoisotopic (exact) mass is 472 g/mol. The Morgan fingerprint density at radius 1 is 1.36 bits per heavy atom. The molecule has 0 amide bonds. The number of rotatable bonds is 4. The molecule has 4 aliphatic carbocycles. The molecule has 3 fully saturated rings. The Bertz CT molecular complexity index is 1070. The second-order valence-corrected chi connectivity index (χ2v) is 11.9. The van der Waals surface area contributed by atoms with Crippen LogP contribution in [0.2, 0.25) is 0 Å². The first kappa shape index (κ1) is 22.9. The number of hydrogen-bond acceptors (Lipinski definition) is 8. The van der Waals surface area contributed by atoms with E-state index in [1.54, 1.807) is 19.2 Å². The zero-order valence-corrected chi connectivity index (χ0v) is 20.4. The summed E-state index contributed by atoms with van der Waals surface area (Å²) >= 11 is 1.23. The molecule has 6 unspecified atom stereocenters. The van der Waals surface area contributed by atoms with Gasteiger partial charge in [0.25, 0.3) is 0 Å². The van der Waals surface area contributed by atoms with Gasteiger partial charge in [-0.05, 0) is 66.0 Å². The van der Waals surface area contributed by atoms with Gasteiger partial charge in [-0.25, -0.2) is 4.68 Å². The van der Waals surface area contributed by atoms with Crippen molar-refractivity contribution in [2.45, 2.75) is 63.3 Å². The van der Waals surface area contributed by atoms with Crippen LogP contribution in [0.25, 0.3) is 0 Å². The molecule has 0 spiro atoms. The Labute approximate surface area is 197 Å². The highest BCUT2D eigenvalue weighted by Crippen LogP contribution is 2.68. The van der Waals surface area contributed by atoms with Gasteiger partial charge in [0.1, 0.15) is 5.60 Å². The van der Waals surface area contributed by atoms with Gasteiger partial charge in [0.2, 0.25) is 5.16 Å². The summed E-state index contributed by atoms with van der Waals surface area (Å²) in [5.41, 5.74) is -1.49. The number of carbonyl (C=O) groups excluding carboxylic acids is 2. The fourth-order valence-corrected chi connectivity index (χ4v) is 8.63. The van der Waals surface area contributed by atoms with Crippen LogP contribution in [-0.4, -0.2) is 59.4 Å². The second kappa shape index (κ2) is 7.58. The van der Waals surface area contributed by atoms with Crippen molar-refractivity contribution in [2.75, 3.05) is 5.75 Å². The normalized spacial score (nSPS) is 44.1. The average Bonchev–Trinajstić information content (AvgIpc) is 3.26. The van der Waals surface area contributed by atoms with Crippen LogP contribution in [-0.2, 0) is 16.6 Å². The number of aliphatic hydroxyl groups is 2. The van der Waals surface area contributed by atoms with Gasteiger partial charge >= 0.3 is 0 Å². The molecule has 3 saturated carbocycles. The third kappa shape index (κ3) is 3.08. The third-order valence-electron chi connectivity index (χ3n) is 9.42. The number of Topliss-reactive ketones (excluding diaryl/α,β-unsaturated/α-hetero) is 1. The summed E-state index contributed by atoms with van der Waals surface area (Å²) in [5.74, 6) is -0.0530. The van der Waals surface area contributed by atoms with E-state index in [0.717, 1.165) is 24.8 Å². The van der Waals surface area contributed by atoms with Crippen molar-refractivity contribution in [3.8, 4) is 0 Å². The number of hydrogen-bond donors (Lipinski definition) is 2. The predicted octanol–water partition coefficient (Wildman–Crippen LogP) is 2.13. The van der Waals surface area contributed by atoms with E-state index in [4.69, 9.17) is 0 Å². The lowest BCUT2D eigenvalue weighted by molar-refractivity contribution is -0.179. The van der Waals surface area contributed by atoms with E-state index in [0.29, 0.717) is 11.6 Å². The quantitative estimate of drug-likeness (QED) is 0.640. The van der Waals surface area contributed by atoms with Crippen LogP contribution >= 0.6 is 11.8 Å². The van der Waals surface area contributed by atoms with Crippen molar-refractivity contribution in [1.82, 2.24) is 20.2 Å². The summed E-state index contributed by atoms with van der Waals surface area (Å²) < 4.78 is 1.51. The predicted molar refractivity (Wildman–Crippen MR) is 122 cm³/mol. The molecular weight excluding hydrogens is 440 g/mol. The fourth-order valence-electron chi connectivity index (χ4n) is 7.84. The maximum atomic E-state index is 13.5. The molecule has 8 atom stereocenters. The molecule has 2 N–H and O–H groups in total. The summed E-state index contributed by atoms with van der Waals surface area (Å²) in [6.07, 6.45) is 7.47. The van der Waals surface area contributed by atoms with Crippen molar-refractivity contribution >= 4 is 23.3 Å². The van der Waals surface area contributed by atoms with Crippen LogP contribution in [0.4, 0.5) is 0 Å². The zero-order valence-electron chi connectivity index (χ0n) is 19.6. The van der Waals surface area contributed by atoms with Crippen LogP contribution in [0, 0.1) is 34.5 Å². The maximum absolute atomic E-state index is 13.5. The number of fused-ring (bicyclic) bond motifs is 5. The molecule has 33 heavy (non-hydrogen) atoms. The largest absolute Gasteiger partial charge is 0.393 e. The number of aromatic nitrogens is 4. The van der Waals surface area contributed by atoms with Gasteiger partial charge in [0.05, 0.1) is 11.9 Å². The number of ketones is 2. The average molecular weight is 473 g/mol. The van der Waals surface area contributed by atoms with Gasteiger partial charge < -0.3 is 10.2 Å². The summed E-state index contributed by atoms with van der Waals surface area (Å²) in [6, 6.07) is 0. The molecule has 9 heteroatoms. The van der Waals surface area contributed by atoms with Gasteiger partial charge in [0.15, 0.2) is 11.6 Å². The molecule has 8 nitrogen and oxygen atoms in total.